The molecular weight excluding hydrogens is 172 g/mol. The van der Waals surface area contributed by atoms with Crippen molar-refractivity contribution in [2.75, 3.05) is 6.61 Å². The Morgan fingerprint density at radius 2 is 2.38 bits per heavy atom. The molecule has 0 bridgehead atoms. The lowest BCUT2D eigenvalue weighted by atomic mass is 10.0. The number of hydrogen-bond donors (Lipinski definition) is 2. The van der Waals surface area contributed by atoms with E-state index in [1.54, 1.807) is 0 Å². The molecule has 0 saturated carbocycles. The Morgan fingerprint density at radius 3 is 2.85 bits per heavy atom. The first kappa shape index (κ1) is 9.98. The lowest BCUT2D eigenvalue weighted by Crippen LogP contribution is -2.40. The topological polar surface area (TPSA) is 81.4 Å². The van der Waals surface area contributed by atoms with Crippen molar-refractivity contribution in [3.05, 3.63) is 0 Å². The van der Waals surface area contributed by atoms with Gasteiger partial charge in [-0.2, -0.15) is 0 Å². The first-order valence-electron chi connectivity index (χ1n) is 4.32. The summed E-state index contributed by atoms with van der Waals surface area (Å²) in [7, 11) is 0. The maximum Gasteiger partial charge on any atom is 0.220 e. The van der Waals surface area contributed by atoms with E-state index in [2.05, 4.69) is 5.32 Å². The molecule has 0 unspecified atom stereocenters. The molecule has 2 amide bonds. The molecule has 3 N–H and O–H groups in total. The standard InChI is InChI=1S/C8H14N2O3/c9-8(12)3-7-2-1-6(4-13-7)10-5-11/h5-7H,1-4H2,(H2,9,12)(H,10,11)/t6-,7+/m1/s1. The third-order valence-electron chi connectivity index (χ3n) is 2.10. The number of amides is 2. The first-order chi connectivity index (χ1) is 6.22. The fraction of sp³-hybridized carbons (Fsp3) is 0.750. The van der Waals surface area contributed by atoms with Gasteiger partial charge in [0.2, 0.25) is 12.3 Å². The van der Waals surface area contributed by atoms with Gasteiger partial charge in [0.25, 0.3) is 0 Å². The number of rotatable bonds is 4. The molecule has 1 fully saturated rings. The summed E-state index contributed by atoms with van der Waals surface area (Å²) in [4.78, 5) is 20.6. The largest absolute Gasteiger partial charge is 0.376 e. The second-order valence-electron chi connectivity index (χ2n) is 3.18. The van der Waals surface area contributed by atoms with Crippen molar-refractivity contribution in [3.8, 4) is 0 Å². The highest BCUT2D eigenvalue weighted by molar-refractivity contribution is 5.74. The Morgan fingerprint density at radius 1 is 1.62 bits per heavy atom. The quantitative estimate of drug-likeness (QED) is 0.561. The van der Waals surface area contributed by atoms with Gasteiger partial charge in [-0.1, -0.05) is 0 Å². The van der Waals surface area contributed by atoms with Crippen molar-refractivity contribution < 1.29 is 14.3 Å². The number of carbonyl (C=O) groups excluding carboxylic acids is 2. The van der Waals surface area contributed by atoms with Crippen LogP contribution in [0.5, 0.6) is 0 Å². The molecule has 0 radical (unpaired) electrons. The van der Waals surface area contributed by atoms with Crippen molar-refractivity contribution in [2.24, 2.45) is 5.73 Å². The number of carbonyl (C=O) groups is 2. The Bertz CT molecular complexity index is 188. The average molecular weight is 186 g/mol. The molecule has 0 aromatic carbocycles. The summed E-state index contributed by atoms with van der Waals surface area (Å²) < 4.78 is 5.33. The maximum absolute atomic E-state index is 10.5. The Balaban J connectivity index is 2.22. The molecule has 1 aliphatic rings. The summed E-state index contributed by atoms with van der Waals surface area (Å²) in [5.41, 5.74) is 5.03. The molecular formula is C8H14N2O3. The lowest BCUT2D eigenvalue weighted by molar-refractivity contribution is -0.123. The first-order valence-corrected chi connectivity index (χ1v) is 4.32. The Kier molecular flexibility index (Phi) is 3.70. The van der Waals surface area contributed by atoms with Gasteiger partial charge in [0, 0.05) is 0 Å². The Hall–Kier alpha value is -1.10. The zero-order chi connectivity index (χ0) is 9.68. The average Bonchev–Trinajstić information content (AvgIpc) is 2.08. The van der Waals surface area contributed by atoms with Gasteiger partial charge in [-0.05, 0) is 12.8 Å². The van der Waals surface area contributed by atoms with Crippen molar-refractivity contribution in [1.82, 2.24) is 5.32 Å². The maximum atomic E-state index is 10.5. The van der Waals surface area contributed by atoms with Crippen LogP contribution >= 0.6 is 0 Å². The van der Waals surface area contributed by atoms with Crippen LogP contribution in [0.1, 0.15) is 19.3 Å². The Labute approximate surface area is 76.6 Å². The van der Waals surface area contributed by atoms with Crippen molar-refractivity contribution in [2.45, 2.75) is 31.4 Å². The van der Waals surface area contributed by atoms with Crippen molar-refractivity contribution >= 4 is 12.3 Å². The summed E-state index contributed by atoms with van der Waals surface area (Å²) in [6, 6.07) is 0.0848. The highest BCUT2D eigenvalue weighted by Crippen LogP contribution is 2.15. The van der Waals surface area contributed by atoms with Crippen LogP contribution in [0.15, 0.2) is 0 Å². The number of nitrogens with one attached hydrogen (secondary N) is 1. The normalized spacial score (nSPS) is 28.0. The van der Waals surface area contributed by atoms with E-state index in [1.165, 1.54) is 0 Å². The monoisotopic (exact) mass is 186 g/mol. The molecule has 1 rings (SSSR count). The van der Waals surface area contributed by atoms with Gasteiger partial charge >= 0.3 is 0 Å². The molecule has 0 aromatic heterocycles. The smallest absolute Gasteiger partial charge is 0.220 e. The minimum absolute atomic E-state index is 0.0674. The van der Waals surface area contributed by atoms with Crippen LogP contribution in [0.2, 0.25) is 0 Å². The predicted molar refractivity (Wildman–Crippen MR) is 45.8 cm³/mol. The van der Waals surface area contributed by atoms with Gasteiger partial charge in [-0.3, -0.25) is 9.59 Å². The third kappa shape index (κ3) is 3.42. The third-order valence-corrected chi connectivity index (χ3v) is 2.10. The van der Waals surface area contributed by atoms with Gasteiger partial charge in [0.05, 0.1) is 25.2 Å². The van der Waals surface area contributed by atoms with Gasteiger partial charge in [-0.15, -0.1) is 0 Å². The SMILES string of the molecule is NC(=O)C[C@@H]1CC[C@@H](NC=O)CO1. The molecule has 0 aromatic rings. The van der Waals surface area contributed by atoms with E-state index in [9.17, 15) is 9.59 Å². The summed E-state index contributed by atoms with van der Waals surface area (Å²) in [5.74, 6) is -0.341. The van der Waals surface area contributed by atoms with E-state index in [4.69, 9.17) is 10.5 Å². The number of hydrogen-bond acceptors (Lipinski definition) is 3. The van der Waals surface area contributed by atoms with E-state index in [0.717, 1.165) is 12.8 Å². The van der Waals surface area contributed by atoms with E-state index in [1.807, 2.05) is 0 Å². The summed E-state index contributed by atoms with van der Waals surface area (Å²) >= 11 is 0. The number of ether oxygens (including phenoxy) is 1. The summed E-state index contributed by atoms with van der Waals surface area (Å²) in [6.07, 6.45) is 2.49. The van der Waals surface area contributed by atoms with E-state index < -0.39 is 0 Å². The molecule has 74 valence electrons. The minimum Gasteiger partial charge on any atom is -0.376 e. The molecule has 5 heteroatoms. The van der Waals surface area contributed by atoms with Gasteiger partial charge in [0.15, 0.2) is 0 Å². The molecule has 0 aliphatic carbocycles. The van der Waals surface area contributed by atoms with Crippen LogP contribution in [0.25, 0.3) is 0 Å². The van der Waals surface area contributed by atoms with Crippen LogP contribution in [0.3, 0.4) is 0 Å². The molecule has 1 saturated heterocycles. The van der Waals surface area contributed by atoms with Crippen LogP contribution in [0.4, 0.5) is 0 Å². The van der Waals surface area contributed by atoms with Gasteiger partial charge in [-0.25, -0.2) is 0 Å². The fourth-order valence-electron chi connectivity index (χ4n) is 1.42. The molecule has 2 atom stereocenters. The fourth-order valence-corrected chi connectivity index (χ4v) is 1.42. The van der Waals surface area contributed by atoms with E-state index >= 15 is 0 Å². The highest BCUT2D eigenvalue weighted by Gasteiger charge is 2.22. The zero-order valence-corrected chi connectivity index (χ0v) is 7.36. The number of primary amides is 1. The zero-order valence-electron chi connectivity index (χ0n) is 7.36. The van der Waals surface area contributed by atoms with Crippen LogP contribution in [-0.4, -0.2) is 31.1 Å². The van der Waals surface area contributed by atoms with Crippen molar-refractivity contribution in [3.63, 3.8) is 0 Å². The molecule has 13 heavy (non-hydrogen) atoms. The molecule has 0 spiro atoms. The molecule has 5 nitrogen and oxygen atoms in total. The summed E-state index contributed by atoms with van der Waals surface area (Å²) in [5, 5.41) is 2.64. The van der Waals surface area contributed by atoms with Gasteiger partial charge < -0.3 is 15.8 Å². The molecule has 1 aliphatic heterocycles. The second-order valence-corrected chi connectivity index (χ2v) is 3.18. The van der Waals surface area contributed by atoms with Crippen LogP contribution in [0, 0.1) is 0 Å². The second kappa shape index (κ2) is 4.81. The van der Waals surface area contributed by atoms with Crippen LogP contribution in [-0.2, 0) is 14.3 Å². The summed E-state index contributed by atoms with van der Waals surface area (Å²) in [6.45, 7) is 0.469. The predicted octanol–water partition coefficient (Wildman–Crippen LogP) is -0.845. The van der Waals surface area contributed by atoms with E-state index in [-0.39, 0.29) is 24.5 Å². The molecule has 1 heterocycles. The van der Waals surface area contributed by atoms with Gasteiger partial charge in [0.1, 0.15) is 0 Å². The van der Waals surface area contributed by atoms with Crippen LogP contribution < -0.4 is 11.1 Å². The minimum atomic E-state index is -0.341. The van der Waals surface area contributed by atoms with E-state index in [0.29, 0.717) is 13.0 Å². The lowest BCUT2D eigenvalue weighted by Gasteiger charge is -2.27. The van der Waals surface area contributed by atoms with Crippen molar-refractivity contribution in [1.29, 1.82) is 0 Å². The number of nitrogens with two attached hydrogens (primary N) is 1. The highest BCUT2D eigenvalue weighted by atomic mass is 16.5.